The fourth-order valence-electron chi connectivity index (χ4n) is 3.15. The van der Waals surface area contributed by atoms with E-state index in [0.717, 1.165) is 44.6 Å². The van der Waals surface area contributed by atoms with E-state index in [4.69, 9.17) is 0 Å². The lowest BCUT2D eigenvalue weighted by molar-refractivity contribution is 0.0522. The second-order valence-corrected chi connectivity index (χ2v) is 6.14. The molecule has 0 atom stereocenters. The molecule has 122 valence electrons. The third kappa shape index (κ3) is 6.55. The van der Waals surface area contributed by atoms with Gasteiger partial charge in [-0.05, 0) is 44.9 Å². The predicted octanol–water partition coefficient (Wildman–Crippen LogP) is 2.97. The third-order valence-corrected chi connectivity index (χ3v) is 4.47. The zero-order chi connectivity index (χ0) is 14.3. The first-order valence-corrected chi connectivity index (χ1v) is 8.07. The zero-order valence-corrected chi connectivity index (χ0v) is 15.5. The molecule has 0 aromatic heterocycles. The molecule has 3 N–H and O–H groups in total. The molecule has 1 fully saturated rings. The minimum Gasteiger partial charge on any atom is -0.388 e. The molecule has 0 aromatic carbocycles. The molecule has 0 saturated heterocycles. The average Bonchev–Trinajstić information content (AvgIpc) is 2.91. The van der Waals surface area contributed by atoms with Crippen LogP contribution in [0.1, 0.15) is 57.8 Å². The van der Waals surface area contributed by atoms with Crippen LogP contribution in [0.5, 0.6) is 0 Å². The van der Waals surface area contributed by atoms with E-state index in [-0.39, 0.29) is 24.0 Å². The number of rotatable bonds is 5. The number of nitrogens with one attached hydrogen (secondary N) is 2. The molecule has 0 aliphatic heterocycles. The summed E-state index contributed by atoms with van der Waals surface area (Å²) in [5.74, 6) is 0.807. The van der Waals surface area contributed by atoms with Crippen molar-refractivity contribution in [1.82, 2.24) is 10.6 Å². The molecule has 0 bridgehead atoms. The maximum atomic E-state index is 10.3. The molecule has 0 spiro atoms. The number of allylic oxidation sites excluding steroid dienone is 1. The molecule has 4 nitrogen and oxygen atoms in total. The number of hydrogen-bond acceptors (Lipinski definition) is 2. The van der Waals surface area contributed by atoms with E-state index in [1.165, 1.54) is 25.7 Å². The van der Waals surface area contributed by atoms with Gasteiger partial charge in [0.1, 0.15) is 0 Å². The van der Waals surface area contributed by atoms with E-state index < -0.39 is 5.60 Å². The van der Waals surface area contributed by atoms with Crippen LogP contribution >= 0.6 is 24.0 Å². The lowest BCUT2D eigenvalue weighted by atomic mass is 9.97. The Labute approximate surface area is 145 Å². The zero-order valence-electron chi connectivity index (χ0n) is 13.2. The summed E-state index contributed by atoms with van der Waals surface area (Å²) in [5.41, 5.74) is 1.05. The van der Waals surface area contributed by atoms with Crippen LogP contribution < -0.4 is 10.6 Å². The van der Waals surface area contributed by atoms with Crippen molar-refractivity contribution in [3.8, 4) is 0 Å². The van der Waals surface area contributed by atoms with Crippen LogP contribution in [-0.4, -0.2) is 36.8 Å². The SMILES string of the molecule is CN=C(NCCC1=CCCCC1)NCC1(O)CCCC1.I. The molecular weight excluding hydrogens is 377 g/mol. The van der Waals surface area contributed by atoms with Gasteiger partial charge in [0.15, 0.2) is 5.96 Å². The Kier molecular flexibility index (Phi) is 8.63. The van der Waals surface area contributed by atoms with E-state index >= 15 is 0 Å². The number of hydrogen-bond donors (Lipinski definition) is 3. The van der Waals surface area contributed by atoms with Gasteiger partial charge >= 0.3 is 0 Å². The van der Waals surface area contributed by atoms with Gasteiger partial charge in [0.2, 0.25) is 0 Å². The van der Waals surface area contributed by atoms with Crippen LogP contribution in [0.3, 0.4) is 0 Å². The van der Waals surface area contributed by atoms with Gasteiger partial charge in [0.25, 0.3) is 0 Å². The fourth-order valence-corrected chi connectivity index (χ4v) is 3.15. The maximum absolute atomic E-state index is 10.3. The summed E-state index contributed by atoms with van der Waals surface area (Å²) in [6, 6.07) is 0. The number of aliphatic hydroxyl groups is 1. The number of aliphatic imine (C=N–C) groups is 1. The summed E-state index contributed by atoms with van der Waals surface area (Å²) in [6.45, 7) is 1.53. The molecule has 2 aliphatic carbocycles. The highest BCUT2D eigenvalue weighted by Crippen LogP contribution is 2.28. The first-order chi connectivity index (χ1) is 9.72. The van der Waals surface area contributed by atoms with Gasteiger partial charge in [-0.15, -0.1) is 24.0 Å². The molecular formula is C16H30IN3O. The molecule has 5 heteroatoms. The Morgan fingerprint density at radius 3 is 2.62 bits per heavy atom. The Morgan fingerprint density at radius 1 is 1.24 bits per heavy atom. The summed E-state index contributed by atoms with van der Waals surface area (Å²) in [5, 5.41) is 16.9. The summed E-state index contributed by atoms with van der Waals surface area (Å²) >= 11 is 0. The van der Waals surface area contributed by atoms with Crippen molar-refractivity contribution in [3.63, 3.8) is 0 Å². The molecule has 0 unspecified atom stereocenters. The molecule has 1 saturated carbocycles. The quantitative estimate of drug-likeness (QED) is 0.284. The average molecular weight is 407 g/mol. The largest absolute Gasteiger partial charge is 0.388 e. The summed E-state index contributed by atoms with van der Waals surface area (Å²) in [4.78, 5) is 4.23. The first kappa shape index (κ1) is 18.7. The molecule has 2 rings (SSSR count). The van der Waals surface area contributed by atoms with E-state index in [0.29, 0.717) is 6.54 Å². The van der Waals surface area contributed by atoms with Crippen LogP contribution in [0.25, 0.3) is 0 Å². The Bertz CT molecular complexity index is 363. The van der Waals surface area contributed by atoms with Gasteiger partial charge in [-0.3, -0.25) is 4.99 Å². The van der Waals surface area contributed by atoms with Crippen molar-refractivity contribution >= 4 is 29.9 Å². The van der Waals surface area contributed by atoms with Crippen molar-refractivity contribution in [3.05, 3.63) is 11.6 Å². The van der Waals surface area contributed by atoms with Gasteiger partial charge in [0.05, 0.1) is 5.60 Å². The smallest absolute Gasteiger partial charge is 0.191 e. The lowest BCUT2D eigenvalue weighted by Crippen LogP contribution is -2.46. The summed E-state index contributed by atoms with van der Waals surface area (Å²) in [6.07, 6.45) is 12.8. The highest BCUT2D eigenvalue weighted by Gasteiger charge is 2.30. The maximum Gasteiger partial charge on any atom is 0.191 e. The highest BCUT2D eigenvalue weighted by molar-refractivity contribution is 14.0. The summed E-state index contributed by atoms with van der Waals surface area (Å²) in [7, 11) is 1.79. The van der Waals surface area contributed by atoms with E-state index in [2.05, 4.69) is 21.7 Å². The highest BCUT2D eigenvalue weighted by atomic mass is 127. The second kappa shape index (κ2) is 9.66. The van der Waals surface area contributed by atoms with Crippen LogP contribution in [-0.2, 0) is 0 Å². The molecule has 0 amide bonds. The number of guanidine groups is 1. The number of nitrogens with zero attached hydrogens (tertiary/aromatic N) is 1. The van der Waals surface area contributed by atoms with Gasteiger partial charge in [-0.1, -0.05) is 24.5 Å². The first-order valence-electron chi connectivity index (χ1n) is 8.07. The van der Waals surface area contributed by atoms with Crippen LogP contribution in [0, 0.1) is 0 Å². The van der Waals surface area contributed by atoms with E-state index in [9.17, 15) is 5.11 Å². The van der Waals surface area contributed by atoms with Crippen molar-refractivity contribution in [2.24, 2.45) is 4.99 Å². The van der Waals surface area contributed by atoms with Gasteiger partial charge in [-0.25, -0.2) is 0 Å². The Hall–Kier alpha value is -0.300. The molecule has 0 aromatic rings. The summed E-state index contributed by atoms with van der Waals surface area (Å²) < 4.78 is 0. The second-order valence-electron chi connectivity index (χ2n) is 6.14. The lowest BCUT2D eigenvalue weighted by Gasteiger charge is -2.24. The topological polar surface area (TPSA) is 56.7 Å². The van der Waals surface area contributed by atoms with Gasteiger partial charge in [-0.2, -0.15) is 0 Å². The molecule has 0 heterocycles. The van der Waals surface area contributed by atoms with Crippen molar-refractivity contribution in [1.29, 1.82) is 0 Å². The van der Waals surface area contributed by atoms with Gasteiger partial charge < -0.3 is 15.7 Å². The monoisotopic (exact) mass is 407 g/mol. The van der Waals surface area contributed by atoms with Gasteiger partial charge in [0, 0.05) is 20.1 Å². The Balaban J connectivity index is 0.00000220. The van der Waals surface area contributed by atoms with Crippen molar-refractivity contribution in [2.75, 3.05) is 20.1 Å². The molecule has 0 radical (unpaired) electrons. The minimum atomic E-state index is -0.524. The third-order valence-electron chi connectivity index (χ3n) is 4.47. The fraction of sp³-hybridized carbons (Fsp3) is 0.812. The Morgan fingerprint density at radius 2 is 2.00 bits per heavy atom. The molecule has 2 aliphatic rings. The predicted molar refractivity (Wildman–Crippen MR) is 99.4 cm³/mol. The van der Waals surface area contributed by atoms with Crippen molar-refractivity contribution < 1.29 is 5.11 Å². The van der Waals surface area contributed by atoms with Crippen LogP contribution in [0.4, 0.5) is 0 Å². The van der Waals surface area contributed by atoms with Crippen LogP contribution in [0.15, 0.2) is 16.6 Å². The van der Waals surface area contributed by atoms with Crippen LogP contribution in [0.2, 0.25) is 0 Å². The standard InChI is InChI=1S/C16H29N3O.HI/c1-17-15(19-13-16(20)10-5-6-11-16)18-12-9-14-7-3-2-4-8-14;/h7,20H,2-6,8-13H2,1H3,(H2,17,18,19);1H. The minimum absolute atomic E-state index is 0. The molecule has 21 heavy (non-hydrogen) atoms. The van der Waals surface area contributed by atoms with E-state index in [1.807, 2.05) is 0 Å². The number of halogens is 1. The van der Waals surface area contributed by atoms with E-state index in [1.54, 1.807) is 12.6 Å². The van der Waals surface area contributed by atoms with Crippen molar-refractivity contribution in [2.45, 2.75) is 63.4 Å². The normalized spacial score (nSPS) is 21.4.